The predicted molar refractivity (Wildman–Crippen MR) is 65.6 cm³/mol. The Morgan fingerprint density at radius 3 is 2.84 bits per heavy atom. The van der Waals surface area contributed by atoms with E-state index in [1.807, 2.05) is 6.92 Å². The van der Waals surface area contributed by atoms with Crippen molar-refractivity contribution < 1.29 is 24.0 Å². The Balaban J connectivity index is 2.62. The Morgan fingerprint density at radius 2 is 2.26 bits per heavy atom. The Kier molecular flexibility index (Phi) is 3.37. The summed E-state index contributed by atoms with van der Waals surface area (Å²) < 4.78 is 10.5. The van der Waals surface area contributed by atoms with Gasteiger partial charge in [-0.1, -0.05) is 6.92 Å². The van der Waals surface area contributed by atoms with Crippen molar-refractivity contribution in [1.82, 2.24) is 0 Å². The van der Waals surface area contributed by atoms with Gasteiger partial charge in [-0.25, -0.2) is 4.79 Å². The quantitative estimate of drug-likeness (QED) is 0.658. The first-order chi connectivity index (χ1) is 9.04. The van der Waals surface area contributed by atoms with Crippen LogP contribution in [0.2, 0.25) is 0 Å². The number of hydrogen-bond donors (Lipinski definition) is 1. The highest BCUT2D eigenvalue weighted by atomic mass is 16.6. The third kappa shape index (κ3) is 2.35. The first-order valence-electron chi connectivity index (χ1n) is 5.61. The second-order valence-corrected chi connectivity index (χ2v) is 3.85. The average Bonchev–Trinajstić information content (AvgIpc) is 2.74. The Morgan fingerprint density at radius 1 is 1.53 bits per heavy atom. The number of aromatic carboxylic acids is 1. The van der Waals surface area contributed by atoms with Gasteiger partial charge in [0.15, 0.2) is 5.75 Å². The summed E-state index contributed by atoms with van der Waals surface area (Å²) in [6, 6.07) is 3.86. The maximum Gasteiger partial charge on any atom is 0.375 e. The summed E-state index contributed by atoms with van der Waals surface area (Å²) in [5.74, 6) is -1.58. The van der Waals surface area contributed by atoms with Crippen molar-refractivity contribution >= 4 is 22.6 Å². The summed E-state index contributed by atoms with van der Waals surface area (Å²) >= 11 is 0. The summed E-state index contributed by atoms with van der Waals surface area (Å²) in [5.41, 5.74) is 0.0979. The molecule has 0 aliphatic carbocycles. The molecular formula is C12H11NO6. The molecule has 0 radical (unpaired) electrons. The molecule has 2 aromatic rings. The molecule has 7 heteroatoms. The molecule has 1 aromatic carbocycles. The predicted octanol–water partition coefficient (Wildman–Crippen LogP) is 2.83. The second-order valence-electron chi connectivity index (χ2n) is 3.85. The Hall–Kier alpha value is -2.57. The molecule has 19 heavy (non-hydrogen) atoms. The van der Waals surface area contributed by atoms with Gasteiger partial charge in [0, 0.05) is 12.1 Å². The van der Waals surface area contributed by atoms with Gasteiger partial charge in [-0.15, -0.1) is 0 Å². The number of hydrogen-bond acceptors (Lipinski definition) is 5. The highest BCUT2D eigenvalue weighted by Gasteiger charge is 2.23. The van der Waals surface area contributed by atoms with Crippen molar-refractivity contribution in [2.24, 2.45) is 0 Å². The van der Waals surface area contributed by atoms with Gasteiger partial charge in [0.05, 0.1) is 16.9 Å². The highest BCUT2D eigenvalue weighted by Crippen LogP contribution is 2.35. The van der Waals surface area contributed by atoms with Gasteiger partial charge in [0.2, 0.25) is 0 Å². The third-order valence-electron chi connectivity index (χ3n) is 2.48. The van der Waals surface area contributed by atoms with Gasteiger partial charge >= 0.3 is 5.97 Å². The van der Waals surface area contributed by atoms with Crippen molar-refractivity contribution in [3.8, 4) is 5.75 Å². The summed E-state index contributed by atoms with van der Waals surface area (Å²) in [6.07, 6.45) is 0.681. The normalized spacial score (nSPS) is 10.6. The molecule has 0 unspecified atom stereocenters. The van der Waals surface area contributed by atoms with Crippen molar-refractivity contribution in [2.75, 3.05) is 6.61 Å². The zero-order valence-electron chi connectivity index (χ0n) is 10.1. The van der Waals surface area contributed by atoms with Crippen LogP contribution in [0.5, 0.6) is 5.75 Å². The molecule has 2 rings (SSSR count). The fourth-order valence-electron chi connectivity index (χ4n) is 1.66. The zero-order valence-corrected chi connectivity index (χ0v) is 10.1. The van der Waals surface area contributed by atoms with E-state index < -0.39 is 10.9 Å². The van der Waals surface area contributed by atoms with E-state index in [0.717, 1.165) is 0 Å². The van der Waals surface area contributed by atoms with Gasteiger partial charge in [0.25, 0.3) is 11.4 Å². The van der Waals surface area contributed by atoms with E-state index >= 15 is 0 Å². The third-order valence-corrected chi connectivity index (χ3v) is 2.48. The van der Waals surface area contributed by atoms with E-state index in [1.54, 1.807) is 0 Å². The highest BCUT2D eigenvalue weighted by molar-refractivity contribution is 5.98. The monoisotopic (exact) mass is 265 g/mol. The summed E-state index contributed by atoms with van der Waals surface area (Å²) in [6.45, 7) is 2.17. The molecular weight excluding hydrogens is 254 g/mol. The van der Waals surface area contributed by atoms with E-state index in [1.165, 1.54) is 18.2 Å². The van der Waals surface area contributed by atoms with Crippen molar-refractivity contribution in [2.45, 2.75) is 13.3 Å². The van der Waals surface area contributed by atoms with E-state index in [0.29, 0.717) is 18.4 Å². The first-order valence-corrected chi connectivity index (χ1v) is 5.61. The smallest absolute Gasteiger partial charge is 0.375 e. The van der Waals surface area contributed by atoms with Crippen LogP contribution >= 0.6 is 0 Å². The molecule has 1 aromatic heterocycles. The maximum absolute atomic E-state index is 11.1. The fraction of sp³-hybridized carbons (Fsp3) is 0.250. The average molecular weight is 265 g/mol. The molecule has 0 atom stereocenters. The number of carboxylic acid groups (broad SMARTS) is 1. The van der Waals surface area contributed by atoms with Crippen molar-refractivity contribution in [3.05, 3.63) is 34.1 Å². The van der Waals surface area contributed by atoms with Gasteiger partial charge in [-0.05, 0) is 12.5 Å². The molecule has 0 saturated heterocycles. The number of furan rings is 1. The summed E-state index contributed by atoms with van der Waals surface area (Å²) in [5, 5.41) is 20.1. The van der Waals surface area contributed by atoms with Crippen LogP contribution in [-0.2, 0) is 0 Å². The number of nitro groups is 1. The Labute approximate surface area is 107 Å². The first kappa shape index (κ1) is 12.9. The van der Waals surface area contributed by atoms with Crippen LogP contribution in [-0.4, -0.2) is 22.6 Å². The number of nitrogens with zero attached hydrogens (tertiary/aromatic N) is 1. The Bertz CT molecular complexity index is 645. The number of benzene rings is 1. The minimum absolute atomic E-state index is 0.0352. The van der Waals surface area contributed by atoms with Crippen molar-refractivity contribution in [3.63, 3.8) is 0 Å². The molecule has 0 spiro atoms. The van der Waals surface area contributed by atoms with Gasteiger partial charge in [0.1, 0.15) is 5.58 Å². The van der Waals surface area contributed by atoms with E-state index in [2.05, 4.69) is 0 Å². The minimum Gasteiger partial charge on any atom is -0.489 e. The van der Waals surface area contributed by atoms with Crippen LogP contribution in [0, 0.1) is 10.1 Å². The molecule has 0 amide bonds. The number of non-ortho nitro benzene ring substituents is 1. The summed E-state index contributed by atoms with van der Waals surface area (Å²) in [7, 11) is 0. The van der Waals surface area contributed by atoms with Crippen LogP contribution in [0.15, 0.2) is 22.6 Å². The molecule has 1 heterocycles. The van der Waals surface area contributed by atoms with E-state index in [4.69, 9.17) is 14.3 Å². The number of rotatable bonds is 5. The number of nitro benzene ring substituents is 1. The molecule has 0 aliphatic heterocycles. The summed E-state index contributed by atoms with van der Waals surface area (Å²) in [4.78, 5) is 21.2. The number of fused-ring (bicyclic) bond motifs is 1. The largest absolute Gasteiger partial charge is 0.489 e. The number of ether oxygens (including phenoxy) is 1. The topological polar surface area (TPSA) is 103 Å². The zero-order chi connectivity index (χ0) is 14.0. The van der Waals surface area contributed by atoms with Crippen LogP contribution in [0.3, 0.4) is 0 Å². The van der Waals surface area contributed by atoms with Crippen LogP contribution in [0.1, 0.15) is 23.9 Å². The molecule has 1 N–H and O–H groups in total. The van der Waals surface area contributed by atoms with Crippen LogP contribution in [0.4, 0.5) is 5.69 Å². The maximum atomic E-state index is 11.1. The van der Waals surface area contributed by atoms with Gasteiger partial charge in [-0.3, -0.25) is 10.1 Å². The molecule has 100 valence electrons. The lowest BCUT2D eigenvalue weighted by Gasteiger charge is -2.02. The molecule has 7 nitrogen and oxygen atoms in total. The standard InChI is InChI=1S/C12H11NO6/c1-2-5-18-10-8-6-7(13(16)17)3-4-9(8)19-11(10)12(14)15/h3-4,6H,2,5H2,1H3,(H,14,15). The van der Waals surface area contributed by atoms with Gasteiger partial charge in [-0.2, -0.15) is 0 Å². The van der Waals surface area contributed by atoms with Crippen LogP contribution in [0.25, 0.3) is 11.0 Å². The second kappa shape index (κ2) is 4.97. The molecule has 0 fully saturated rings. The van der Waals surface area contributed by atoms with E-state index in [9.17, 15) is 14.9 Å². The lowest BCUT2D eigenvalue weighted by Crippen LogP contribution is -2.01. The molecule has 0 bridgehead atoms. The lowest BCUT2D eigenvalue weighted by atomic mass is 10.2. The van der Waals surface area contributed by atoms with E-state index in [-0.39, 0.29) is 22.8 Å². The number of carbonyl (C=O) groups is 1. The SMILES string of the molecule is CCCOc1c(C(=O)O)oc2ccc([N+](=O)[O-])cc12. The molecule has 0 aliphatic rings. The fourth-order valence-corrected chi connectivity index (χ4v) is 1.66. The lowest BCUT2D eigenvalue weighted by molar-refractivity contribution is -0.384. The number of carboxylic acids is 1. The minimum atomic E-state index is -1.27. The van der Waals surface area contributed by atoms with Crippen LogP contribution < -0.4 is 4.74 Å². The van der Waals surface area contributed by atoms with Gasteiger partial charge < -0.3 is 14.3 Å². The molecule has 0 saturated carbocycles. The van der Waals surface area contributed by atoms with Crippen molar-refractivity contribution in [1.29, 1.82) is 0 Å².